The number of aromatic nitrogens is 2. The quantitative estimate of drug-likeness (QED) is 0.893. The van der Waals surface area contributed by atoms with Crippen LogP contribution >= 0.6 is 15.9 Å². The molecule has 2 aromatic rings. The molecule has 1 fully saturated rings. The van der Waals surface area contributed by atoms with Gasteiger partial charge in [-0.15, -0.1) is 0 Å². The third-order valence-electron chi connectivity index (χ3n) is 4.46. The third-order valence-corrected chi connectivity index (χ3v) is 5.07. The molecule has 1 N–H and O–H groups in total. The maximum Gasteiger partial charge on any atom is 0.137 e. The summed E-state index contributed by atoms with van der Waals surface area (Å²) in [6.45, 7) is 6.26. The lowest BCUT2D eigenvalue weighted by atomic mass is 9.78. The molecule has 0 bridgehead atoms. The van der Waals surface area contributed by atoms with Crippen molar-refractivity contribution < 1.29 is 4.39 Å². The van der Waals surface area contributed by atoms with Gasteiger partial charge in [0.2, 0.25) is 0 Å². The first-order chi connectivity index (χ1) is 10.0. The van der Waals surface area contributed by atoms with Crippen LogP contribution in [-0.4, -0.2) is 22.6 Å². The van der Waals surface area contributed by atoms with Gasteiger partial charge in [0, 0.05) is 17.3 Å². The largest absolute Gasteiger partial charge is 0.317 e. The van der Waals surface area contributed by atoms with Crippen LogP contribution in [-0.2, 0) is 5.41 Å². The molecular weight excluding hydrogens is 333 g/mol. The Morgan fingerprint density at radius 2 is 2.05 bits per heavy atom. The van der Waals surface area contributed by atoms with Gasteiger partial charge in [0.1, 0.15) is 5.82 Å². The first-order valence-electron chi connectivity index (χ1n) is 7.21. The summed E-state index contributed by atoms with van der Waals surface area (Å²) < 4.78 is 16.2. The molecule has 1 aliphatic heterocycles. The number of aryl methyl sites for hydroxylation is 1. The van der Waals surface area contributed by atoms with Gasteiger partial charge in [-0.25, -0.2) is 9.37 Å². The van der Waals surface area contributed by atoms with Crippen LogP contribution in [0.1, 0.15) is 31.0 Å². The predicted molar refractivity (Wildman–Crippen MR) is 85.4 cm³/mol. The molecule has 0 spiro atoms. The lowest BCUT2D eigenvalue weighted by Gasteiger charge is -2.34. The topological polar surface area (TPSA) is 29.9 Å². The number of rotatable bonds is 2. The molecule has 1 saturated heterocycles. The molecule has 21 heavy (non-hydrogen) atoms. The number of nitrogens with one attached hydrogen (secondary N) is 1. The van der Waals surface area contributed by atoms with E-state index >= 15 is 0 Å². The van der Waals surface area contributed by atoms with E-state index in [2.05, 4.69) is 37.7 Å². The fraction of sp³-hybridized carbons (Fsp3) is 0.438. The highest BCUT2D eigenvalue weighted by Gasteiger charge is 2.32. The highest BCUT2D eigenvalue weighted by molar-refractivity contribution is 9.10. The molecule has 0 aliphatic carbocycles. The standard InChI is InChI=1S/C16H19BrFN3/c1-11-7-13(18)12(17)8-14(11)21-10-20-9-15(21)16(2)3-5-19-6-4-16/h7-10,19H,3-6H2,1-2H3. The Balaban J connectivity index is 2.09. The highest BCUT2D eigenvalue weighted by Crippen LogP contribution is 2.35. The van der Waals surface area contributed by atoms with E-state index in [0.717, 1.165) is 37.2 Å². The summed E-state index contributed by atoms with van der Waals surface area (Å²) in [6, 6.07) is 3.40. The van der Waals surface area contributed by atoms with E-state index in [0.29, 0.717) is 4.47 Å². The maximum atomic E-state index is 13.7. The van der Waals surface area contributed by atoms with Crippen molar-refractivity contribution >= 4 is 15.9 Å². The van der Waals surface area contributed by atoms with E-state index in [1.807, 2.05) is 25.5 Å². The van der Waals surface area contributed by atoms with E-state index in [-0.39, 0.29) is 11.2 Å². The van der Waals surface area contributed by atoms with E-state index in [9.17, 15) is 4.39 Å². The molecule has 1 aromatic heterocycles. The summed E-state index contributed by atoms with van der Waals surface area (Å²) >= 11 is 3.28. The second-order valence-corrected chi connectivity index (χ2v) is 6.87. The van der Waals surface area contributed by atoms with Crippen LogP contribution in [0.15, 0.2) is 29.1 Å². The number of halogens is 2. The molecule has 1 aliphatic rings. The average molecular weight is 352 g/mol. The molecule has 112 valence electrons. The van der Waals surface area contributed by atoms with Crippen LogP contribution in [0.5, 0.6) is 0 Å². The smallest absolute Gasteiger partial charge is 0.137 e. The second kappa shape index (κ2) is 5.54. The van der Waals surface area contributed by atoms with Crippen molar-refractivity contribution in [2.75, 3.05) is 13.1 Å². The van der Waals surface area contributed by atoms with Gasteiger partial charge in [-0.2, -0.15) is 0 Å². The van der Waals surface area contributed by atoms with Crippen molar-refractivity contribution in [2.24, 2.45) is 0 Å². The van der Waals surface area contributed by atoms with Crippen molar-refractivity contribution in [3.05, 3.63) is 46.2 Å². The van der Waals surface area contributed by atoms with Gasteiger partial charge < -0.3 is 9.88 Å². The second-order valence-electron chi connectivity index (χ2n) is 6.01. The Hall–Kier alpha value is -1.20. The zero-order valence-corrected chi connectivity index (χ0v) is 13.9. The number of hydrogen-bond acceptors (Lipinski definition) is 2. The molecule has 0 unspecified atom stereocenters. The summed E-state index contributed by atoms with van der Waals surface area (Å²) in [5.41, 5.74) is 3.20. The fourth-order valence-corrected chi connectivity index (χ4v) is 3.39. The summed E-state index contributed by atoms with van der Waals surface area (Å²) in [5, 5.41) is 3.40. The lowest BCUT2D eigenvalue weighted by Crippen LogP contribution is -2.38. The van der Waals surface area contributed by atoms with Gasteiger partial charge in [-0.05, 0) is 66.5 Å². The summed E-state index contributed by atoms with van der Waals surface area (Å²) in [5.74, 6) is -0.231. The number of hydrogen-bond donors (Lipinski definition) is 1. The van der Waals surface area contributed by atoms with Crippen LogP contribution in [0.4, 0.5) is 4.39 Å². The summed E-state index contributed by atoms with van der Waals surface area (Å²) in [4.78, 5) is 4.35. The van der Waals surface area contributed by atoms with Crippen molar-refractivity contribution in [1.29, 1.82) is 0 Å². The van der Waals surface area contributed by atoms with Gasteiger partial charge in [0.15, 0.2) is 0 Å². The van der Waals surface area contributed by atoms with Gasteiger partial charge in [0.25, 0.3) is 0 Å². The van der Waals surface area contributed by atoms with Gasteiger partial charge in [-0.3, -0.25) is 0 Å². The minimum absolute atomic E-state index is 0.106. The molecule has 3 rings (SSSR count). The molecule has 5 heteroatoms. The zero-order valence-electron chi connectivity index (χ0n) is 12.3. The Labute approximate surface area is 132 Å². The van der Waals surface area contributed by atoms with Crippen LogP contribution < -0.4 is 5.32 Å². The van der Waals surface area contributed by atoms with Gasteiger partial charge in [0.05, 0.1) is 16.5 Å². The van der Waals surface area contributed by atoms with Crippen molar-refractivity contribution in [2.45, 2.75) is 32.1 Å². The first kappa shape index (κ1) is 14.7. The van der Waals surface area contributed by atoms with E-state index in [1.54, 1.807) is 6.07 Å². The molecule has 0 atom stereocenters. The third kappa shape index (κ3) is 2.64. The van der Waals surface area contributed by atoms with E-state index in [1.165, 1.54) is 5.69 Å². The van der Waals surface area contributed by atoms with E-state index in [4.69, 9.17) is 0 Å². The van der Waals surface area contributed by atoms with Crippen molar-refractivity contribution in [3.63, 3.8) is 0 Å². The SMILES string of the molecule is Cc1cc(F)c(Br)cc1-n1cncc1C1(C)CCNCC1. The van der Waals surface area contributed by atoms with Crippen LogP contribution in [0.25, 0.3) is 5.69 Å². The zero-order chi connectivity index (χ0) is 15.0. The lowest BCUT2D eigenvalue weighted by molar-refractivity contribution is 0.324. The molecule has 1 aromatic carbocycles. The maximum absolute atomic E-state index is 13.7. The Morgan fingerprint density at radius 1 is 1.33 bits per heavy atom. The Morgan fingerprint density at radius 3 is 2.76 bits per heavy atom. The number of imidazole rings is 1. The van der Waals surface area contributed by atoms with Crippen LogP contribution in [0.3, 0.4) is 0 Å². The average Bonchev–Trinajstić information content (AvgIpc) is 2.93. The van der Waals surface area contributed by atoms with Crippen molar-refractivity contribution in [1.82, 2.24) is 14.9 Å². The van der Waals surface area contributed by atoms with Crippen molar-refractivity contribution in [3.8, 4) is 5.69 Å². The molecule has 3 nitrogen and oxygen atoms in total. The summed E-state index contributed by atoms with van der Waals surface area (Å²) in [7, 11) is 0. The van der Waals surface area contributed by atoms with Crippen LogP contribution in [0, 0.1) is 12.7 Å². The number of benzene rings is 1. The molecule has 0 radical (unpaired) electrons. The summed E-state index contributed by atoms with van der Waals surface area (Å²) in [6.07, 6.45) is 5.94. The number of nitrogens with zero attached hydrogens (tertiary/aromatic N) is 2. The molecule has 2 heterocycles. The minimum atomic E-state index is -0.231. The van der Waals surface area contributed by atoms with Gasteiger partial charge in [-0.1, -0.05) is 6.92 Å². The molecule has 0 saturated carbocycles. The minimum Gasteiger partial charge on any atom is -0.317 e. The number of piperidine rings is 1. The van der Waals surface area contributed by atoms with Crippen LogP contribution in [0.2, 0.25) is 0 Å². The fourth-order valence-electron chi connectivity index (χ4n) is 3.06. The Bertz CT molecular complexity index is 660. The van der Waals surface area contributed by atoms with E-state index < -0.39 is 0 Å². The molecule has 0 amide bonds. The first-order valence-corrected chi connectivity index (χ1v) is 8.00. The van der Waals surface area contributed by atoms with Gasteiger partial charge >= 0.3 is 0 Å². The highest BCUT2D eigenvalue weighted by atomic mass is 79.9. The normalized spacial score (nSPS) is 17.9. The molecular formula is C16H19BrFN3. The monoisotopic (exact) mass is 351 g/mol. The predicted octanol–water partition coefficient (Wildman–Crippen LogP) is 3.72. The Kier molecular flexibility index (Phi) is 3.88.